The van der Waals surface area contributed by atoms with Gasteiger partial charge >= 0.3 is 0 Å². The van der Waals surface area contributed by atoms with Gasteiger partial charge in [0.1, 0.15) is 5.52 Å². The minimum Gasteiger partial charge on any atom is -0.256 e. The summed E-state index contributed by atoms with van der Waals surface area (Å²) in [6.07, 6.45) is 3.63. The van der Waals surface area contributed by atoms with Gasteiger partial charge in [-0.15, -0.1) is 21.5 Å². The average Bonchev–Trinajstić information content (AvgIpc) is 3.00. The maximum Gasteiger partial charge on any atom is 0.116 e. The van der Waals surface area contributed by atoms with Crippen molar-refractivity contribution in [1.82, 2.24) is 20.4 Å². The molecule has 0 radical (unpaired) electrons. The molecule has 4 nitrogen and oxygen atoms in total. The zero-order valence-electron chi connectivity index (χ0n) is 12.0. The summed E-state index contributed by atoms with van der Waals surface area (Å²) in [6, 6.07) is 16.6. The fourth-order valence-electron chi connectivity index (χ4n) is 3.02. The smallest absolute Gasteiger partial charge is 0.116 e. The Labute approximate surface area is 135 Å². The van der Waals surface area contributed by atoms with Crippen LogP contribution in [0.1, 0.15) is 0 Å². The summed E-state index contributed by atoms with van der Waals surface area (Å²) < 4.78 is 2.22. The number of hydrogen-bond acceptors (Lipinski definition) is 5. The molecule has 0 unspecified atom stereocenters. The van der Waals surface area contributed by atoms with Crippen LogP contribution >= 0.6 is 11.3 Å². The molecule has 3 aromatic heterocycles. The molecule has 5 heteroatoms. The number of nitrogens with zero attached hydrogens (tertiary/aromatic N) is 4. The van der Waals surface area contributed by atoms with Crippen molar-refractivity contribution in [2.75, 3.05) is 0 Å². The molecule has 0 saturated heterocycles. The molecule has 3 heterocycles. The van der Waals surface area contributed by atoms with Crippen LogP contribution in [0, 0.1) is 0 Å². The van der Waals surface area contributed by atoms with Crippen LogP contribution in [0.3, 0.4) is 0 Å². The van der Waals surface area contributed by atoms with Crippen LogP contribution in [0.15, 0.2) is 60.9 Å². The molecule has 0 bridgehead atoms. The molecule has 0 aliphatic carbocycles. The van der Waals surface area contributed by atoms with Crippen molar-refractivity contribution in [3.05, 3.63) is 60.9 Å². The summed E-state index contributed by atoms with van der Waals surface area (Å²) in [4.78, 5) is 4.65. The number of pyridine rings is 1. The van der Waals surface area contributed by atoms with E-state index in [1.807, 2.05) is 24.4 Å². The van der Waals surface area contributed by atoms with E-state index in [1.54, 1.807) is 17.5 Å². The highest BCUT2D eigenvalue weighted by Gasteiger charge is 2.14. The van der Waals surface area contributed by atoms with Crippen LogP contribution in [0.5, 0.6) is 0 Å². The summed E-state index contributed by atoms with van der Waals surface area (Å²) in [6.45, 7) is 0. The Balaban J connectivity index is 1.96. The molecule has 0 fully saturated rings. The van der Waals surface area contributed by atoms with Gasteiger partial charge in [-0.3, -0.25) is 4.98 Å². The van der Waals surface area contributed by atoms with E-state index in [-0.39, 0.29) is 0 Å². The van der Waals surface area contributed by atoms with Crippen molar-refractivity contribution in [3.63, 3.8) is 0 Å². The molecule has 23 heavy (non-hydrogen) atoms. The predicted octanol–water partition coefficient (Wildman–Crippen LogP) is 4.45. The lowest BCUT2D eigenvalue weighted by atomic mass is 10.0. The number of benzene rings is 2. The van der Waals surface area contributed by atoms with E-state index < -0.39 is 0 Å². The van der Waals surface area contributed by atoms with E-state index >= 15 is 0 Å². The third-order valence-corrected chi connectivity index (χ3v) is 5.10. The largest absolute Gasteiger partial charge is 0.256 e. The second-order valence-corrected chi connectivity index (χ2v) is 6.39. The Morgan fingerprint density at radius 2 is 1.83 bits per heavy atom. The monoisotopic (exact) mass is 314 g/mol. The van der Waals surface area contributed by atoms with Gasteiger partial charge < -0.3 is 0 Å². The van der Waals surface area contributed by atoms with Crippen LogP contribution in [0.25, 0.3) is 42.3 Å². The summed E-state index contributed by atoms with van der Waals surface area (Å²) in [5.41, 5.74) is 2.96. The van der Waals surface area contributed by atoms with Gasteiger partial charge in [-0.2, -0.15) is 0 Å². The third kappa shape index (κ3) is 1.83. The van der Waals surface area contributed by atoms with Gasteiger partial charge in [-0.25, -0.2) is 0 Å². The second kappa shape index (κ2) is 4.79. The second-order valence-electron chi connectivity index (χ2n) is 5.31. The normalized spacial score (nSPS) is 11.5. The average molecular weight is 314 g/mol. The Hall–Kier alpha value is -2.92. The van der Waals surface area contributed by atoms with E-state index in [0.29, 0.717) is 0 Å². The standard InChI is InChI=1S/C18H10N4S/c1-2-5-12-11(4-1)8-9-19-17(12)13-6-3-7-14-16(13)18-15(23-14)10-20-22-21-18/h1-10H. The van der Waals surface area contributed by atoms with Crippen molar-refractivity contribution in [2.24, 2.45) is 0 Å². The van der Waals surface area contributed by atoms with Crippen molar-refractivity contribution < 1.29 is 0 Å². The lowest BCUT2D eigenvalue weighted by molar-refractivity contribution is 0.899. The Kier molecular flexibility index (Phi) is 2.63. The first-order valence-corrected chi connectivity index (χ1v) is 8.07. The van der Waals surface area contributed by atoms with Crippen LogP contribution in [-0.4, -0.2) is 20.4 Å². The molecule has 0 N–H and O–H groups in total. The number of rotatable bonds is 1. The van der Waals surface area contributed by atoms with Gasteiger partial charge in [0.25, 0.3) is 0 Å². The van der Waals surface area contributed by atoms with Crippen LogP contribution in [0.2, 0.25) is 0 Å². The van der Waals surface area contributed by atoms with Gasteiger partial charge in [0.15, 0.2) is 0 Å². The van der Waals surface area contributed by atoms with Crippen LogP contribution < -0.4 is 0 Å². The van der Waals surface area contributed by atoms with Gasteiger partial charge in [0, 0.05) is 27.2 Å². The molecule has 0 saturated carbocycles. The zero-order valence-corrected chi connectivity index (χ0v) is 12.8. The van der Waals surface area contributed by atoms with E-state index in [2.05, 4.69) is 50.7 Å². The number of aromatic nitrogens is 4. The molecular formula is C18H10N4S. The maximum atomic E-state index is 4.65. The Morgan fingerprint density at radius 1 is 0.870 bits per heavy atom. The van der Waals surface area contributed by atoms with E-state index in [9.17, 15) is 0 Å². The van der Waals surface area contributed by atoms with Crippen molar-refractivity contribution in [2.45, 2.75) is 0 Å². The molecule has 5 aromatic rings. The molecule has 0 aliphatic heterocycles. The molecular weight excluding hydrogens is 304 g/mol. The highest BCUT2D eigenvalue weighted by Crippen LogP contribution is 2.39. The lowest BCUT2D eigenvalue weighted by Crippen LogP contribution is -1.88. The number of thiophene rings is 1. The van der Waals surface area contributed by atoms with Crippen molar-refractivity contribution in [3.8, 4) is 11.3 Å². The molecule has 0 aliphatic rings. The van der Waals surface area contributed by atoms with Gasteiger partial charge in [0.2, 0.25) is 0 Å². The molecule has 0 amide bonds. The first-order chi connectivity index (χ1) is 11.4. The summed E-state index contributed by atoms with van der Waals surface area (Å²) in [7, 11) is 0. The van der Waals surface area contributed by atoms with E-state index in [4.69, 9.17) is 0 Å². The van der Waals surface area contributed by atoms with E-state index in [0.717, 1.165) is 32.2 Å². The van der Waals surface area contributed by atoms with Crippen LogP contribution in [-0.2, 0) is 0 Å². The fourth-order valence-corrected chi connectivity index (χ4v) is 4.05. The topological polar surface area (TPSA) is 51.6 Å². The fraction of sp³-hybridized carbons (Fsp3) is 0. The Bertz CT molecular complexity index is 1170. The highest BCUT2D eigenvalue weighted by atomic mass is 32.1. The molecule has 2 aromatic carbocycles. The molecule has 0 spiro atoms. The first-order valence-electron chi connectivity index (χ1n) is 7.25. The summed E-state index contributed by atoms with van der Waals surface area (Å²) >= 11 is 1.68. The first kappa shape index (κ1) is 12.6. The minimum atomic E-state index is 0.894. The number of fused-ring (bicyclic) bond motifs is 4. The van der Waals surface area contributed by atoms with Gasteiger partial charge in [0.05, 0.1) is 16.6 Å². The maximum absolute atomic E-state index is 4.65. The SMILES string of the molecule is c1ccc2c(-c3cccc4sc5cnnnc5c34)nccc2c1. The minimum absolute atomic E-state index is 0.894. The third-order valence-electron chi connectivity index (χ3n) is 4.02. The van der Waals surface area contributed by atoms with Crippen molar-refractivity contribution >= 4 is 42.4 Å². The summed E-state index contributed by atoms with van der Waals surface area (Å²) in [5.74, 6) is 0. The van der Waals surface area contributed by atoms with Gasteiger partial charge in [-0.1, -0.05) is 36.4 Å². The quantitative estimate of drug-likeness (QED) is 0.458. The Morgan fingerprint density at radius 3 is 2.83 bits per heavy atom. The highest BCUT2D eigenvalue weighted by molar-refractivity contribution is 7.25. The zero-order chi connectivity index (χ0) is 15.2. The molecule has 5 rings (SSSR count). The van der Waals surface area contributed by atoms with Gasteiger partial charge in [-0.05, 0) is 22.7 Å². The predicted molar refractivity (Wildman–Crippen MR) is 93.5 cm³/mol. The number of hydrogen-bond donors (Lipinski definition) is 0. The van der Waals surface area contributed by atoms with Crippen LogP contribution in [0.4, 0.5) is 0 Å². The molecule has 108 valence electrons. The van der Waals surface area contributed by atoms with E-state index in [1.165, 1.54) is 10.1 Å². The molecule has 0 atom stereocenters. The van der Waals surface area contributed by atoms with Crippen molar-refractivity contribution in [1.29, 1.82) is 0 Å². The summed E-state index contributed by atoms with van der Waals surface area (Å²) in [5, 5.41) is 15.4. The lowest BCUT2D eigenvalue weighted by Gasteiger charge is -2.07.